The molecule has 0 saturated heterocycles. The summed E-state index contributed by atoms with van der Waals surface area (Å²) in [5, 5.41) is 9.40. The van der Waals surface area contributed by atoms with Crippen LogP contribution in [0.3, 0.4) is 0 Å². The van der Waals surface area contributed by atoms with Gasteiger partial charge in [-0.1, -0.05) is 43.2 Å². The van der Waals surface area contributed by atoms with Crippen molar-refractivity contribution >= 4 is 5.97 Å². The Hall–Kier alpha value is -1.31. The van der Waals surface area contributed by atoms with Gasteiger partial charge in [0.25, 0.3) is 0 Å². The minimum atomic E-state index is -0.716. The molecule has 1 atom stereocenters. The van der Waals surface area contributed by atoms with E-state index < -0.39 is 11.4 Å². The maximum absolute atomic E-state index is 11.4. The summed E-state index contributed by atoms with van der Waals surface area (Å²) in [4.78, 5) is 11.4. The Labute approximate surface area is 104 Å². The molecule has 1 N–H and O–H groups in total. The van der Waals surface area contributed by atoms with E-state index in [1.54, 1.807) is 0 Å². The normalized spacial score (nSPS) is 14.7. The molecule has 1 rings (SSSR count). The van der Waals surface area contributed by atoms with Gasteiger partial charge in [-0.2, -0.15) is 0 Å². The predicted molar refractivity (Wildman–Crippen MR) is 70.2 cm³/mol. The molecule has 0 aliphatic heterocycles. The van der Waals surface area contributed by atoms with E-state index in [0.717, 1.165) is 5.56 Å². The van der Waals surface area contributed by atoms with Crippen molar-refractivity contribution in [3.05, 3.63) is 34.9 Å². The third-order valence-corrected chi connectivity index (χ3v) is 3.62. The molecule has 1 aromatic carbocycles. The third kappa shape index (κ3) is 3.09. The zero-order valence-corrected chi connectivity index (χ0v) is 11.4. The first-order valence-corrected chi connectivity index (χ1v) is 6.06. The van der Waals surface area contributed by atoms with E-state index in [-0.39, 0.29) is 5.92 Å². The zero-order valence-electron chi connectivity index (χ0n) is 11.4. The second kappa shape index (κ2) is 4.91. The van der Waals surface area contributed by atoms with Gasteiger partial charge < -0.3 is 5.11 Å². The van der Waals surface area contributed by atoms with E-state index in [1.807, 2.05) is 34.6 Å². The number of carbonyl (C=O) groups is 1. The second-order valence-electron chi connectivity index (χ2n) is 5.55. The molecule has 0 aromatic heterocycles. The highest BCUT2D eigenvalue weighted by atomic mass is 16.4. The van der Waals surface area contributed by atoms with Crippen LogP contribution in [0.5, 0.6) is 0 Å². The fourth-order valence-electron chi connectivity index (χ4n) is 2.12. The summed E-state index contributed by atoms with van der Waals surface area (Å²) in [7, 11) is 0. The van der Waals surface area contributed by atoms with Gasteiger partial charge in [0, 0.05) is 0 Å². The quantitative estimate of drug-likeness (QED) is 0.864. The van der Waals surface area contributed by atoms with Crippen molar-refractivity contribution in [1.29, 1.82) is 0 Å². The van der Waals surface area contributed by atoms with Crippen molar-refractivity contribution in [3.8, 4) is 0 Å². The summed E-state index contributed by atoms with van der Waals surface area (Å²) in [6, 6.07) is 6.27. The van der Waals surface area contributed by atoms with E-state index in [4.69, 9.17) is 0 Å². The fourth-order valence-corrected chi connectivity index (χ4v) is 2.12. The number of aliphatic carboxylic acids is 1. The summed E-state index contributed by atoms with van der Waals surface area (Å²) >= 11 is 0. The second-order valence-corrected chi connectivity index (χ2v) is 5.55. The lowest BCUT2D eigenvalue weighted by molar-refractivity contribution is -0.150. The number of carboxylic acid groups (broad SMARTS) is 1. The predicted octanol–water partition coefficient (Wildman–Crippen LogP) is 3.59. The third-order valence-electron chi connectivity index (χ3n) is 3.62. The molecule has 1 aromatic rings. The van der Waals surface area contributed by atoms with E-state index in [9.17, 15) is 9.90 Å². The van der Waals surface area contributed by atoms with Crippen molar-refractivity contribution < 1.29 is 9.90 Å². The van der Waals surface area contributed by atoms with E-state index in [1.165, 1.54) is 11.1 Å². The van der Waals surface area contributed by atoms with Gasteiger partial charge in [0.05, 0.1) is 5.41 Å². The fraction of sp³-hybridized carbons (Fsp3) is 0.533. The molecule has 94 valence electrons. The molecule has 2 nitrogen and oxygen atoms in total. The van der Waals surface area contributed by atoms with Crippen LogP contribution in [-0.4, -0.2) is 11.1 Å². The molecule has 1 unspecified atom stereocenters. The number of rotatable bonds is 4. The molecule has 17 heavy (non-hydrogen) atoms. The summed E-state index contributed by atoms with van der Waals surface area (Å²) in [6.07, 6.45) is 0.586. The van der Waals surface area contributed by atoms with Crippen LogP contribution >= 0.6 is 0 Å². The Bertz CT molecular complexity index is 401. The molecule has 0 amide bonds. The number of carboxylic acids is 1. The van der Waals surface area contributed by atoms with Crippen molar-refractivity contribution in [1.82, 2.24) is 0 Å². The lowest BCUT2D eigenvalue weighted by Crippen LogP contribution is -2.35. The maximum atomic E-state index is 11.4. The minimum absolute atomic E-state index is 0.112. The highest BCUT2D eigenvalue weighted by molar-refractivity contribution is 5.75. The first-order chi connectivity index (χ1) is 7.75. The van der Waals surface area contributed by atoms with Gasteiger partial charge in [-0.05, 0) is 38.7 Å². The van der Waals surface area contributed by atoms with Crippen molar-refractivity contribution in [2.24, 2.45) is 11.3 Å². The molecule has 0 spiro atoms. The zero-order chi connectivity index (χ0) is 13.2. The van der Waals surface area contributed by atoms with Crippen molar-refractivity contribution in [2.45, 2.75) is 41.0 Å². The first-order valence-electron chi connectivity index (χ1n) is 6.06. The molecule has 2 heteroatoms. The standard InChI is InChI=1S/C15H22O2/c1-10(2)15(5,14(16)17)9-13-7-11(3)6-12(4)8-13/h6-8,10H,9H2,1-5H3,(H,16,17). The number of hydrogen-bond donors (Lipinski definition) is 1. The van der Waals surface area contributed by atoms with Gasteiger partial charge in [0.15, 0.2) is 0 Å². The molecule has 0 aliphatic rings. The highest BCUT2D eigenvalue weighted by Crippen LogP contribution is 2.32. The van der Waals surface area contributed by atoms with E-state index >= 15 is 0 Å². The van der Waals surface area contributed by atoms with E-state index in [0.29, 0.717) is 6.42 Å². The smallest absolute Gasteiger partial charge is 0.309 e. The van der Waals surface area contributed by atoms with Crippen LogP contribution in [0.15, 0.2) is 18.2 Å². The number of aryl methyl sites for hydroxylation is 2. The van der Waals surface area contributed by atoms with Crippen LogP contribution in [0, 0.1) is 25.2 Å². The number of hydrogen-bond acceptors (Lipinski definition) is 1. The Morgan fingerprint density at radius 1 is 1.24 bits per heavy atom. The Kier molecular flexibility index (Phi) is 3.97. The van der Waals surface area contributed by atoms with Crippen LogP contribution in [0.4, 0.5) is 0 Å². The molecule has 0 radical (unpaired) electrons. The number of benzene rings is 1. The van der Waals surface area contributed by atoms with Crippen molar-refractivity contribution in [2.75, 3.05) is 0 Å². The van der Waals surface area contributed by atoms with Gasteiger partial charge in [0.1, 0.15) is 0 Å². The monoisotopic (exact) mass is 234 g/mol. The average molecular weight is 234 g/mol. The van der Waals surface area contributed by atoms with Gasteiger partial charge in [-0.25, -0.2) is 0 Å². The van der Waals surface area contributed by atoms with Gasteiger partial charge >= 0.3 is 5.97 Å². The van der Waals surface area contributed by atoms with Gasteiger partial charge in [0.2, 0.25) is 0 Å². The van der Waals surface area contributed by atoms with Crippen LogP contribution < -0.4 is 0 Å². The van der Waals surface area contributed by atoms with Gasteiger partial charge in [-0.3, -0.25) is 4.79 Å². The van der Waals surface area contributed by atoms with Gasteiger partial charge in [-0.15, -0.1) is 0 Å². The Morgan fingerprint density at radius 2 is 1.71 bits per heavy atom. The summed E-state index contributed by atoms with van der Waals surface area (Å²) in [5.74, 6) is -0.604. The van der Waals surface area contributed by atoms with Crippen LogP contribution in [0.25, 0.3) is 0 Å². The minimum Gasteiger partial charge on any atom is -0.481 e. The summed E-state index contributed by atoms with van der Waals surface area (Å²) in [5.41, 5.74) is 2.80. The first kappa shape index (κ1) is 13.8. The average Bonchev–Trinajstić information content (AvgIpc) is 2.14. The molecule has 0 bridgehead atoms. The van der Waals surface area contributed by atoms with Crippen LogP contribution in [0.2, 0.25) is 0 Å². The largest absolute Gasteiger partial charge is 0.481 e. The lowest BCUT2D eigenvalue weighted by atomic mass is 9.74. The van der Waals surface area contributed by atoms with Crippen LogP contribution in [0.1, 0.15) is 37.5 Å². The lowest BCUT2D eigenvalue weighted by Gasteiger charge is -2.29. The summed E-state index contributed by atoms with van der Waals surface area (Å²) in [6.45, 7) is 9.86. The molecule has 0 saturated carbocycles. The topological polar surface area (TPSA) is 37.3 Å². The van der Waals surface area contributed by atoms with Crippen molar-refractivity contribution in [3.63, 3.8) is 0 Å². The molecule has 0 aliphatic carbocycles. The van der Waals surface area contributed by atoms with Crippen LogP contribution in [-0.2, 0) is 11.2 Å². The Morgan fingerprint density at radius 3 is 2.06 bits per heavy atom. The molecular weight excluding hydrogens is 212 g/mol. The molecular formula is C15H22O2. The maximum Gasteiger partial charge on any atom is 0.309 e. The molecule has 0 heterocycles. The SMILES string of the molecule is Cc1cc(C)cc(CC(C)(C(=O)O)C(C)C)c1. The van der Waals surface area contributed by atoms with E-state index in [2.05, 4.69) is 18.2 Å². The highest BCUT2D eigenvalue weighted by Gasteiger charge is 2.36. The Balaban J connectivity index is 3.06. The summed E-state index contributed by atoms with van der Waals surface area (Å²) < 4.78 is 0. The molecule has 0 fully saturated rings.